The van der Waals surface area contributed by atoms with Crippen molar-refractivity contribution < 1.29 is 17.0 Å². The first-order valence-electron chi connectivity index (χ1n) is 8.44. The smallest absolute Gasteiger partial charge is 0.340 e. The largest absolute Gasteiger partial charge is 0.358 e. The number of benzene rings is 2. The van der Waals surface area contributed by atoms with E-state index in [1.165, 1.54) is 16.8 Å². The number of hydrogen-bond acceptors (Lipinski definition) is 4. The second kappa shape index (κ2) is 6.81. The molecule has 2 aromatic carbocycles. The van der Waals surface area contributed by atoms with Gasteiger partial charge in [0, 0.05) is 11.5 Å². The van der Waals surface area contributed by atoms with Gasteiger partial charge in [0.2, 0.25) is 5.88 Å². The Morgan fingerprint density at radius 2 is 1.59 bits per heavy atom. The predicted octanol–water partition coefficient (Wildman–Crippen LogP) is 4.39. The average Bonchev–Trinajstić information content (AvgIpc) is 2.99. The molecule has 0 bridgehead atoms. The van der Waals surface area contributed by atoms with Crippen molar-refractivity contribution in [2.75, 3.05) is 0 Å². The molecule has 7 heteroatoms. The Morgan fingerprint density at radius 1 is 1.00 bits per heavy atom. The van der Waals surface area contributed by atoms with Crippen LogP contribution in [0.15, 0.2) is 59.5 Å². The SMILES string of the molecule is Cc1ccc(-n2nc(C(C)(C)C)cc2OS(=O)(=O)c2ccc(F)cc2)cc1. The maximum absolute atomic E-state index is 13.1. The molecule has 0 aliphatic heterocycles. The lowest BCUT2D eigenvalue weighted by Gasteiger charge is -2.13. The minimum atomic E-state index is -4.13. The Labute approximate surface area is 158 Å². The molecule has 142 valence electrons. The Hall–Kier alpha value is -2.67. The molecule has 0 N–H and O–H groups in total. The molecule has 0 atom stereocenters. The van der Waals surface area contributed by atoms with E-state index in [2.05, 4.69) is 5.10 Å². The standard InChI is InChI=1S/C20H21FN2O3S/c1-14-5-9-16(10-6-14)23-19(13-18(22-23)20(2,3)4)26-27(24,25)17-11-7-15(21)8-12-17/h5-13H,1-4H3. The highest BCUT2D eigenvalue weighted by Gasteiger charge is 2.25. The summed E-state index contributed by atoms with van der Waals surface area (Å²) in [7, 11) is -4.13. The van der Waals surface area contributed by atoms with Crippen LogP contribution in [0, 0.1) is 12.7 Å². The molecule has 0 unspecified atom stereocenters. The zero-order valence-electron chi connectivity index (χ0n) is 15.6. The molecule has 0 saturated heterocycles. The van der Waals surface area contributed by atoms with Gasteiger partial charge in [-0.2, -0.15) is 18.2 Å². The van der Waals surface area contributed by atoms with Crippen LogP contribution in [0.1, 0.15) is 32.0 Å². The van der Waals surface area contributed by atoms with Crippen LogP contribution in [0.5, 0.6) is 5.88 Å². The second-order valence-corrected chi connectivity index (χ2v) is 8.90. The van der Waals surface area contributed by atoms with E-state index in [1.807, 2.05) is 52.0 Å². The zero-order valence-corrected chi connectivity index (χ0v) is 16.4. The monoisotopic (exact) mass is 388 g/mol. The molecular formula is C20H21FN2O3S. The fourth-order valence-corrected chi connectivity index (χ4v) is 3.33. The summed E-state index contributed by atoms with van der Waals surface area (Å²) in [5.41, 5.74) is 2.14. The van der Waals surface area contributed by atoms with Crippen molar-refractivity contribution in [3.05, 3.63) is 71.7 Å². The number of nitrogens with zero attached hydrogens (tertiary/aromatic N) is 2. The Bertz CT molecular complexity index is 1050. The number of halogens is 1. The molecule has 0 fully saturated rings. The quantitative estimate of drug-likeness (QED) is 0.622. The molecule has 0 spiro atoms. The first-order valence-corrected chi connectivity index (χ1v) is 9.85. The van der Waals surface area contributed by atoms with E-state index in [4.69, 9.17) is 4.18 Å². The molecule has 0 radical (unpaired) electrons. The van der Waals surface area contributed by atoms with Gasteiger partial charge in [-0.1, -0.05) is 38.5 Å². The minimum absolute atomic E-state index is 0.0769. The fourth-order valence-electron chi connectivity index (χ4n) is 2.42. The molecule has 0 aliphatic rings. The fraction of sp³-hybridized carbons (Fsp3) is 0.250. The molecule has 1 aromatic heterocycles. The van der Waals surface area contributed by atoms with Gasteiger partial charge in [-0.15, -0.1) is 0 Å². The molecule has 0 amide bonds. The van der Waals surface area contributed by atoms with Gasteiger partial charge in [-0.05, 0) is 43.3 Å². The third kappa shape index (κ3) is 4.19. The van der Waals surface area contributed by atoms with Gasteiger partial charge in [-0.3, -0.25) is 0 Å². The highest BCUT2D eigenvalue weighted by Crippen LogP contribution is 2.29. The van der Waals surface area contributed by atoms with Crippen molar-refractivity contribution in [3.63, 3.8) is 0 Å². The number of hydrogen-bond donors (Lipinski definition) is 0. The maximum Gasteiger partial charge on any atom is 0.340 e. The molecule has 0 aliphatic carbocycles. The third-order valence-electron chi connectivity index (χ3n) is 4.02. The van der Waals surface area contributed by atoms with Gasteiger partial charge >= 0.3 is 10.1 Å². The van der Waals surface area contributed by atoms with Crippen LogP contribution < -0.4 is 4.18 Å². The van der Waals surface area contributed by atoms with Crippen LogP contribution >= 0.6 is 0 Å². The average molecular weight is 388 g/mol. The summed E-state index contributed by atoms with van der Waals surface area (Å²) in [6.07, 6.45) is 0. The summed E-state index contributed by atoms with van der Waals surface area (Å²) in [5.74, 6) is -0.443. The van der Waals surface area contributed by atoms with E-state index in [-0.39, 0.29) is 16.2 Å². The van der Waals surface area contributed by atoms with Gasteiger partial charge in [0.25, 0.3) is 0 Å². The lowest BCUT2D eigenvalue weighted by molar-refractivity contribution is 0.464. The van der Waals surface area contributed by atoms with Crippen molar-refractivity contribution in [2.24, 2.45) is 0 Å². The predicted molar refractivity (Wildman–Crippen MR) is 101 cm³/mol. The maximum atomic E-state index is 13.1. The van der Waals surface area contributed by atoms with E-state index >= 15 is 0 Å². The summed E-state index contributed by atoms with van der Waals surface area (Å²) < 4.78 is 45.2. The summed E-state index contributed by atoms with van der Waals surface area (Å²) >= 11 is 0. The molecule has 1 heterocycles. The third-order valence-corrected chi connectivity index (χ3v) is 5.26. The highest BCUT2D eigenvalue weighted by molar-refractivity contribution is 7.87. The molecule has 0 saturated carbocycles. The van der Waals surface area contributed by atoms with Crippen molar-refractivity contribution in [2.45, 2.75) is 38.0 Å². The first-order chi connectivity index (χ1) is 12.6. The number of rotatable bonds is 4. The van der Waals surface area contributed by atoms with Crippen molar-refractivity contribution in [3.8, 4) is 11.6 Å². The summed E-state index contributed by atoms with van der Waals surface area (Å²) in [6.45, 7) is 7.90. The molecule has 5 nitrogen and oxygen atoms in total. The van der Waals surface area contributed by atoms with E-state index in [1.54, 1.807) is 6.07 Å². The minimum Gasteiger partial charge on any atom is -0.358 e. The van der Waals surface area contributed by atoms with Gasteiger partial charge in [0.1, 0.15) is 10.7 Å². The van der Waals surface area contributed by atoms with Gasteiger partial charge in [0.15, 0.2) is 0 Å². The first kappa shape index (κ1) is 19.1. The molecule has 3 rings (SSSR count). The lowest BCUT2D eigenvalue weighted by Crippen LogP contribution is -2.13. The summed E-state index contributed by atoms with van der Waals surface area (Å²) in [4.78, 5) is -0.127. The Balaban J connectivity index is 2.07. The zero-order chi connectivity index (χ0) is 19.8. The topological polar surface area (TPSA) is 61.2 Å². The van der Waals surface area contributed by atoms with E-state index in [0.29, 0.717) is 11.4 Å². The number of aryl methyl sites for hydroxylation is 1. The normalized spacial score (nSPS) is 12.2. The second-order valence-electron chi connectivity index (χ2n) is 7.36. The Morgan fingerprint density at radius 3 is 2.15 bits per heavy atom. The van der Waals surface area contributed by atoms with Gasteiger partial charge in [-0.25, -0.2) is 4.39 Å². The van der Waals surface area contributed by atoms with Crippen LogP contribution in [-0.2, 0) is 15.5 Å². The summed E-state index contributed by atoms with van der Waals surface area (Å²) in [6, 6.07) is 13.6. The van der Waals surface area contributed by atoms with Crippen molar-refractivity contribution in [1.82, 2.24) is 9.78 Å². The van der Waals surface area contributed by atoms with Crippen LogP contribution in [0.3, 0.4) is 0 Å². The van der Waals surface area contributed by atoms with Crippen LogP contribution in [0.2, 0.25) is 0 Å². The van der Waals surface area contributed by atoms with Crippen LogP contribution in [0.4, 0.5) is 4.39 Å². The molecular weight excluding hydrogens is 367 g/mol. The van der Waals surface area contributed by atoms with E-state index < -0.39 is 15.9 Å². The van der Waals surface area contributed by atoms with Gasteiger partial charge < -0.3 is 4.18 Å². The van der Waals surface area contributed by atoms with Crippen molar-refractivity contribution >= 4 is 10.1 Å². The van der Waals surface area contributed by atoms with Crippen molar-refractivity contribution in [1.29, 1.82) is 0 Å². The van der Waals surface area contributed by atoms with Gasteiger partial charge in [0.05, 0.1) is 11.4 Å². The molecule has 27 heavy (non-hydrogen) atoms. The van der Waals surface area contributed by atoms with E-state index in [0.717, 1.165) is 17.7 Å². The number of aromatic nitrogens is 2. The highest BCUT2D eigenvalue weighted by atomic mass is 32.2. The lowest BCUT2D eigenvalue weighted by atomic mass is 9.93. The summed E-state index contributed by atoms with van der Waals surface area (Å²) in [5, 5.41) is 4.54. The Kier molecular flexibility index (Phi) is 4.82. The van der Waals surface area contributed by atoms with Crippen LogP contribution in [0.25, 0.3) is 5.69 Å². The van der Waals surface area contributed by atoms with E-state index in [9.17, 15) is 12.8 Å². The van der Waals surface area contributed by atoms with Crippen LogP contribution in [-0.4, -0.2) is 18.2 Å². The molecule has 3 aromatic rings.